The first-order chi connectivity index (χ1) is 7.43. The van der Waals surface area contributed by atoms with Crippen LogP contribution in [0.15, 0.2) is 0 Å². The quantitative estimate of drug-likeness (QED) is 0.595. The lowest BCUT2D eigenvalue weighted by molar-refractivity contribution is 0.0694. The van der Waals surface area contributed by atoms with Crippen molar-refractivity contribution in [3.63, 3.8) is 0 Å². The summed E-state index contributed by atoms with van der Waals surface area (Å²) >= 11 is 0. The first-order valence-corrected chi connectivity index (χ1v) is 6.21. The van der Waals surface area contributed by atoms with Crippen LogP contribution >= 0.6 is 0 Å². The number of rotatable bonds is 9. The highest BCUT2D eigenvalue weighted by Crippen LogP contribution is 2.23. The Morgan fingerprint density at radius 3 is 2.67 bits per heavy atom. The number of methoxy groups -OCH3 is 1. The van der Waals surface area contributed by atoms with E-state index in [1.54, 1.807) is 7.11 Å². The van der Waals surface area contributed by atoms with Crippen molar-refractivity contribution >= 4 is 0 Å². The maximum absolute atomic E-state index is 5.38. The predicted octanol–water partition coefficient (Wildman–Crippen LogP) is 1.82. The van der Waals surface area contributed by atoms with Crippen molar-refractivity contribution in [2.24, 2.45) is 5.92 Å². The maximum Gasteiger partial charge on any atom is 0.0700 e. The molecule has 0 atom stereocenters. The van der Waals surface area contributed by atoms with Gasteiger partial charge in [-0.1, -0.05) is 12.8 Å². The Morgan fingerprint density at radius 1 is 1.13 bits per heavy atom. The second-order valence-electron chi connectivity index (χ2n) is 4.31. The van der Waals surface area contributed by atoms with E-state index in [2.05, 4.69) is 5.32 Å². The van der Waals surface area contributed by atoms with E-state index in [-0.39, 0.29) is 0 Å². The van der Waals surface area contributed by atoms with Gasteiger partial charge in [-0.25, -0.2) is 0 Å². The molecule has 0 bridgehead atoms. The van der Waals surface area contributed by atoms with Gasteiger partial charge in [0, 0.05) is 13.7 Å². The maximum atomic E-state index is 5.38. The van der Waals surface area contributed by atoms with E-state index >= 15 is 0 Å². The smallest absolute Gasteiger partial charge is 0.0700 e. The number of hydrogen-bond acceptors (Lipinski definition) is 3. The fraction of sp³-hybridized carbons (Fsp3) is 1.00. The summed E-state index contributed by atoms with van der Waals surface area (Å²) in [6.07, 6.45) is 6.84. The molecule has 1 rings (SSSR count). The SMILES string of the molecule is COCCOCCCNCC1CCCC1. The third-order valence-electron chi connectivity index (χ3n) is 2.98. The molecule has 15 heavy (non-hydrogen) atoms. The van der Waals surface area contributed by atoms with Crippen molar-refractivity contribution in [1.82, 2.24) is 5.32 Å². The Morgan fingerprint density at radius 2 is 1.93 bits per heavy atom. The second-order valence-corrected chi connectivity index (χ2v) is 4.31. The van der Waals surface area contributed by atoms with Crippen LogP contribution in [0.25, 0.3) is 0 Å². The second kappa shape index (κ2) is 9.13. The van der Waals surface area contributed by atoms with Crippen LogP contribution in [-0.2, 0) is 9.47 Å². The Labute approximate surface area is 93.5 Å². The molecule has 0 aromatic heterocycles. The predicted molar refractivity (Wildman–Crippen MR) is 62.1 cm³/mol. The molecule has 90 valence electrons. The van der Waals surface area contributed by atoms with Gasteiger partial charge in [0.15, 0.2) is 0 Å². The molecular formula is C12H25NO2. The molecular weight excluding hydrogens is 190 g/mol. The summed E-state index contributed by atoms with van der Waals surface area (Å²) in [7, 11) is 1.70. The summed E-state index contributed by atoms with van der Waals surface area (Å²) in [5.41, 5.74) is 0. The molecule has 0 saturated heterocycles. The molecule has 1 N–H and O–H groups in total. The third-order valence-corrected chi connectivity index (χ3v) is 2.98. The normalized spacial score (nSPS) is 17.4. The van der Waals surface area contributed by atoms with Crippen molar-refractivity contribution in [2.45, 2.75) is 32.1 Å². The van der Waals surface area contributed by atoms with Crippen LogP contribution in [-0.4, -0.2) is 40.0 Å². The topological polar surface area (TPSA) is 30.5 Å². The van der Waals surface area contributed by atoms with E-state index in [0.29, 0.717) is 6.61 Å². The van der Waals surface area contributed by atoms with Crippen LogP contribution in [0.2, 0.25) is 0 Å². The summed E-state index contributed by atoms with van der Waals surface area (Å²) in [5, 5.41) is 3.51. The summed E-state index contributed by atoms with van der Waals surface area (Å²) < 4.78 is 10.3. The zero-order valence-corrected chi connectivity index (χ0v) is 9.96. The van der Waals surface area contributed by atoms with Crippen LogP contribution in [0, 0.1) is 5.92 Å². The summed E-state index contributed by atoms with van der Waals surface area (Å²) in [6, 6.07) is 0. The monoisotopic (exact) mass is 215 g/mol. The summed E-state index contributed by atoms with van der Waals surface area (Å²) in [5.74, 6) is 0.944. The van der Waals surface area contributed by atoms with Crippen molar-refractivity contribution in [2.75, 3.05) is 40.0 Å². The minimum atomic E-state index is 0.704. The Hall–Kier alpha value is -0.120. The van der Waals surface area contributed by atoms with Crippen LogP contribution in [0.1, 0.15) is 32.1 Å². The average molecular weight is 215 g/mol. The molecule has 3 heteroatoms. The first kappa shape index (κ1) is 12.9. The zero-order chi connectivity index (χ0) is 10.8. The van der Waals surface area contributed by atoms with Crippen LogP contribution < -0.4 is 5.32 Å². The van der Waals surface area contributed by atoms with Gasteiger partial charge in [0.25, 0.3) is 0 Å². The Bertz CT molecular complexity index is 136. The number of ether oxygens (including phenoxy) is 2. The first-order valence-electron chi connectivity index (χ1n) is 6.21. The van der Waals surface area contributed by atoms with Gasteiger partial charge in [-0.2, -0.15) is 0 Å². The van der Waals surface area contributed by atoms with E-state index in [1.807, 2.05) is 0 Å². The lowest BCUT2D eigenvalue weighted by Crippen LogP contribution is -2.23. The molecule has 3 nitrogen and oxygen atoms in total. The van der Waals surface area contributed by atoms with Crippen molar-refractivity contribution in [3.05, 3.63) is 0 Å². The van der Waals surface area contributed by atoms with Crippen molar-refractivity contribution in [1.29, 1.82) is 0 Å². The molecule has 1 aliphatic carbocycles. The van der Waals surface area contributed by atoms with E-state index < -0.39 is 0 Å². The molecule has 0 aromatic rings. The minimum absolute atomic E-state index is 0.704. The van der Waals surface area contributed by atoms with Crippen LogP contribution in [0.5, 0.6) is 0 Å². The standard InChI is InChI=1S/C12H25NO2/c1-14-9-10-15-8-4-7-13-11-12-5-2-3-6-12/h12-13H,2-11H2,1H3. The van der Waals surface area contributed by atoms with Crippen LogP contribution in [0.4, 0.5) is 0 Å². The van der Waals surface area contributed by atoms with Gasteiger partial charge >= 0.3 is 0 Å². The molecule has 1 saturated carbocycles. The molecule has 0 amide bonds. The fourth-order valence-corrected chi connectivity index (χ4v) is 2.06. The van der Waals surface area contributed by atoms with Gasteiger partial charge in [0.1, 0.15) is 0 Å². The molecule has 0 unspecified atom stereocenters. The molecule has 0 heterocycles. The minimum Gasteiger partial charge on any atom is -0.382 e. The largest absolute Gasteiger partial charge is 0.382 e. The lowest BCUT2D eigenvalue weighted by Gasteiger charge is -2.10. The number of hydrogen-bond donors (Lipinski definition) is 1. The highest BCUT2D eigenvalue weighted by Gasteiger charge is 2.13. The molecule has 0 aromatic carbocycles. The summed E-state index contributed by atoms with van der Waals surface area (Å²) in [6.45, 7) is 4.57. The molecule has 1 aliphatic rings. The van der Waals surface area contributed by atoms with Gasteiger partial charge in [0.2, 0.25) is 0 Å². The third kappa shape index (κ3) is 6.88. The highest BCUT2D eigenvalue weighted by molar-refractivity contribution is 4.69. The molecule has 1 fully saturated rings. The highest BCUT2D eigenvalue weighted by atomic mass is 16.5. The van der Waals surface area contributed by atoms with Crippen molar-refractivity contribution in [3.8, 4) is 0 Å². The van der Waals surface area contributed by atoms with Crippen molar-refractivity contribution < 1.29 is 9.47 Å². The van der Waals surface area contributed by atoms with E-state index in [1.165, 1.54) is 32.2 Å². The van der Waals surface area contributed by atoms with Gasteiger partial charge < -0.3 is 14.8 Å². The number of nitrogens with one attached hydrogen (secondary N) is 1. The van der Waals surface area contributed by atoms with Gasteiger partial charge in [-0.3, -0.25) is 0 Å². The van der Waals surface area contributed by atoms with Crippen LogP contribution in [0.3, 0.4) is 0 Å². The molecule has 0 radical (unpaired) electrons. The van der Waals surface area contributed by atoms with E-state index in [9.17, 15) is 0 Å². The van der Waals surface area contributed by atoms with E-state index in [0.717, 1.165) is 32.1 Å². The fourth-order valence-electron chi connectivity index (χ4n) is 2.06. The molecule has 0 aliphatic heterocycles. The zero-order valence-electron chi connectivity index (χ0n) is 9.96. The molecule has 0 spiro atoms. The van der Waals surface area contributed by atoms with Gasteiger partial charge in [-0.05, 0) is 38.3 Å². The van der Waals surface area contributed by atoms with Gasteiger partial charge in [-0.15, -0.1) is 0 Å². The lowest BCUT2D eigenvalue weighted by atomic mass is 10.1. The van der Waals surface area contributed by atoms with E-state index in [4.69, 9.17) is 9.47 Å². The Kier molecular flexibility index (Phi) is 7.88. The summed E-state index contributed by atoms with van der Waals surface area (Å²) in [4.78, 5) is 0. The van der Waals surface area contributed by atoms with Gasteiger partial charge in [0.05, 0.1) is 13.2 Å². The Balaban J connectivity index is 1.73. The average Bonchev–Trinajstić information content (AvgIpc) is 2.75.